The zero-order valence-electron chi connectivity index (χ0n) is 10.00. The number of hydrogen-bond donors (Lipinski definition) is 3. The van der Waals surface area contributed by atoms with Crippen LogP contribution in [0.2, 0.25) is 0 Å². The fourth-order valence-corrected chi connectivity index (χ4v) is 1.93. The predicted octanol–water partition coefficient (Wildman–Crippen LogP) is 1.54. The van der Waals surface area contributed by atoms with Crippen molar-refractivity contribution in [1.29, 1.82) is 0 Å². The zero-order chi connectivity index (χ0) is 12.3. The third-order valence-electron chi connectivity index (χ3n) is 2.53. The summed E-state index contributed by atoms with van der Waals surface area (Å²) in [5.41, 5.74) is 6.11. The quantitative estimate of drug-likeness (QED) is 0.748. The van der Waals surface area contributed by atoms with Gasteiger partial charge in [-0.2, -0.15) is 4.37 Å². The van der Waals surface area contributed by atoms with Crippen LogP contribution >= 0.6 is 11.5 Å². The summed E-state index contributed by atoms with van der Waals surface area (Å²) in [7, 11) is 1.58. The van der Waals surface area contributed by atoms with E-state index in [1.54, 1.807) is 7.05 Å². The Labute approximate surface area is 99.6 Å². The highest BCUT2D eigenvalue weighted by molar-refractivity contribution is 7.11. The van der Waals surface area contributed by atoms with Crippen LogP contribution in [0, 0.1) is 5.92 Å². The van der Waals surface area contributed by atoms with Crippen LogP contribution in [-0.4, -0.2) is 23.4 Å². The van der Waals surface area contributed by atoms with Gasteiger partial charge in [-0.05, 0) is 24.4 Å². The second-order valence-electron chi connectivity index (χ2n) is 4.03. The van der Waals surface area contributed by atoms with Gasteiger partial charge < -0.3 is 16.4 Å². The van der Waals surface area contributed by atoms with Crippen molar-refractivity contribution in [2.24, 2.45) is 5.92 Å². The maximum absolute atomic E-state index is 11.6. The van der Waals surface area contributed by atoms with Gasteiger partial charge in [0.15, 0.2) is 5.82 Å². The molecule has 0 aliphatic rings. The molecule has 4 N–H and O–H groups in total. The van der Waals surface area contributed by atoms with Gasteiger partial charge in [0.25, 0.3) is 5.91 Å². The number of amides is 1. The van der Waals surface area contributed by atoms with Gasteiger partial charge in [0, 0.05) is 13.1 Å². The molecule has 5 nitrogen and oxygen atoms in total. The topological polar surface area (TPSA) is 80.0 Å². The summed E-state index contributed by atoms with van der Waals surface area (Å²) in [6.45, 7) is 6.29. The van der Waals surface area contributed by atoms with E-state index in [-0.39, 0.29) is 17.8 Å². The molecule has 1 amide bonds. The molecule has 1 aromatic heterocycles. The van der Waals surface area contributed by atoms with E-state index in [1.165, 1.54) is 11.5 Å². The first-order valence-corrected chi connectivity index (χ1v) is 5.98. The summed E-state index contributed by atoms with van der Waals surface area (Å²) in [5.74, 6) is 0.549. The fourth-order valence-electron chi connectivity index (χ4n) is 1.12. The number of aromatic nitrogens is 1. The zero-order valence-corrected chi connectivity index (χ0v) is 10.8. The summed E-state index contributed by atoms with van der Waals surface area (Å²) < 4.78 is 3.99. The number of carbonyl (C=O) groups is 1. The molecule has 1 aromatic rings. The molecule has 0 bridgehead atoms. The van der Waals surface area contributed by atoms with Crippen LogP contribution in [0.1, 0.15) is 31.1 Å². The molecule has 0 saturated heterocycles. The van der Waals surface area contributed by atoms with Gasteiger partial charge in [0.1, 0.15) is 10.6 Å². The number of carbonyl (C=O) groups excluding carboxylic acids is 1. The first-order chi connectivity index (χ1) is 7.47. The molecule has 90 valence electrons. The molecule has 0 spiro atoms. The number of nitrogen functional groups attached to an aromatic ring is 1. The molecule has 1 heterocycles. The van der Waals surface area contributed by atoms with Crippen LogP contribution < -0.4 is 16.4 Å². The van der Waals surface area contributed by atoms with Crippen molar-refractivity contribution >= 4 is 28.3 Å². The van der Waals surface area contributed by atoms with Crippen molar-refractivity contribution in [2.75, 3.05) is 18.1 Å². The Kier molecular flexibility index (Phi) is 4.12. The number of rotatable bonds is 4. The maximum atomic E-state index is 11.6. The van der Waals surface area contributed by atoms with Gasteiger partial charge in [-0.15, -0.1) is 0 Å². The Morgan fingerprint density at radius 1 is 1.44 bits per heavy atom. The highest BCUT2D eigenvalue weighted by atomic mass is 32.1. The average Bonchev–Trinajstić information content (AvgIpc) is 2.58. The summed E-state index contributed by atoms with van der Waals surface area (Å²) in [5, 5.41) is 6.55. The van der Waals surface area contributed by atoms with Gasteiger partial charge in [-0.1, -0.05) is 13.8 Å². The maximum Gasteiger partial charge on any atom is 0.257 e. The fraction of sp³-hybridized carbons (Fsp3) is 0.600. The van der Waals surface area contributed by atoms with E-state index in [4.69, 9.17) is 5.73 Å². The lowest BCUT2D eigenvalue weighted by molar-refractivity contribution is 0.0965. The van der Waals surface area contributed by atoms with E-state index in [0.717, 1.165) is 5.00 Å². The van der Waals surface area contributed by atoms with Crippen LogP contribution in [0.5, 0.6) is 0 Å². The van der Waals surface area contributed by atoms with Crippen molar-refractivity contribution in [1.82, 2.24) is 9.69 Å². The van der Waals surface area contributed by atoms with E-state index >= 15 is 0 Å². The number of anilines is 2. The van der Waals surface area contributed by atoms with Gasteiger partial charge in [0.05, 0.1) is 0 Å². The lowest BCUT2D eigenvalue weighted by Gasteiger charge is -2.17. The van der Waals surface area contributed by atoms with Crippen molar-refractivity contribution in [3.8, 4) is 0 Å². The molecule has 0 saturated carbocycles. The number of nitrogens with one attached hydrogen (secondary N) is 2. The predicted molar refractivity (Wildman–Crippen MR) is 67.8 cm³/mol. The average molecular weight is 242 g/mol. The van der Waals surface area contributed by atoms with Crippen molar-refractivity contribution in [2.45, 2.75) is 26.8 Å². The standard InChI is InChI=1S/C10H18N4OS/c1-5(2)6(3)13-10-7(9(15)12-4)8(11)14-16-10/h5-6,13H,1-4H3,(H2,11,14)(H,12,15). The molecule has 0 aliphatic heterocycles. The van der Waals surface area contributed by atoms with E-state index in [0.29, 0.717) is 11.5 Å². The number of hydrogen-bond acceptors (Lipinski definition) is 5. The van der Waals surface area contributed by atoms with Gasteiger partial charge in [-0.25, -0.2) is 0 Å². The Balaban J connectivity index is 2.93. The highest BCUT2D eigenvalue weighted by Crippen LogP contribution is 2.28. The molecular formula is C10H18N4OS. The third kappa shape index (κ3) is 2.63. The van der Waals surface area contributed by atoms with Gasteiger partial charge in [-0.3, -0.25) is 4.79 Å². The minimum Gasteiger partial charge on any atom is -0.382 e. The summed E-state index contributed by atoms with van der Waals surface area (Å²) >= 11 is 1.22. The normalized spacial score (nSPS) is 12.6. The van der Waals surface area contributed by atoms with E-state index in [1.807, 2.05) is 0 Å². The van der Waals surface area contributed by atoms with Crippen LogP contribution in [-0.2, 0) is 0 Å². The van der Waals surface area contributed by atoms with Crippen molar-refractivity contribution in [3.05, 3.63) is 5.56 Å². The van der Waals surface area contributed by atoms with Crippen molar-refractivity contribution < 1.29 is 4.79 Å². The molecule has 1 unspecified atom stereocenters. The van der Waals surface area contributed by atoms with Crippen molar-refractivity contribution in [3.63, 3.8) is 0 Å². The van der Waals surface area contributed by atoms with Gasteiger partial charge in [0.2, 0.25) is 0 Å². The van der Waals surface area contributed by atoms with Crippen LogP contribution in [0.3, 0.4) is 0 Å². The Bertz CT molecular complexity index is 375. The summed E-state index contributed by atoms with van der Waals surface area (Å²) in [6.07, 6.45) is 0. The molecule has 0 radical (unpaired) electrons. The lowest BCUT2D eigenvalue weighted by Crippen LogP contribution is -2.24. The number of nitrogens with two attached hydrogens (primary N) is 1. The SMILES string of the molecule is CNC(=O)c1c(N)nsc1NC(C)C(C)C. The molecule has 1 rings (SSSR count). The van der Waals surface area contributed by atoms with E-state index in [2.05, 4.69) is 35.8 Å². The number of nitrogens with zero attached hydrogens (tertiary/aromatic N) is 1. The Morgan fingerprint density at radius 2 is 2.06 bits per heavy atom. The minimum atomic E-state index is -0.204. The molecule has 16 heavy (non-hydrogen) atoms. The molecule has 0 aliphatic carbocycles. The molecular weight excluding hydrogens is 224 g/mol. The Hall–Kier alpha value is -1.30. The first kappa shape index (κ1) is 12.8. The third-order valence-corrected chi connectivity index (χ3v) is 3.32. The van der Waals surface area contributed by atoms with Crippen LogP contribution in [0.25, 0.3) is 0 Å². The molecule has 6 heteroatoms. The molecule has 1 atom stereocenters. The van der Waals surface area contributed by atoms with Crippen LogP contribution in [0.15, 0.2) is 0 Å². The summed E-state index contributed by atoms with van der Waals surface area (Å²) in [4.78, 5) is 11.6. The second kappa shape index (κ2) is 5.16. The minimum absolute atomic E-state index is 0.204. The Morgan fingerprint density at radius 3 is 2.56 bits per heavy atom. The summed E-state index contributed by atoms with van der Waals surface area (Å²) in [6, 6.07) is 0.267. The van der Waals surface area contributed by atoms with Gasteiger partial charge >= 0.3 is 0 Å². The highest BCUT2D eigenvalue weighted by Gasteiger charge is 2.20. The molecule has 0 aromatic carbocycles. The van der Waals surface area contributed by atoms with E-state index in [9.17, 15) is 4.79 Å². The smallest absolute Gasteiger partial charge is 0.257 e. The van der Waals surface area contributed by atoms with Crippen LogP contribution in [0.4, 0.5) is 10.8 Å². The monoisotopic (exact) mass is 242 g/mol. The first-order valence-electron chi connectivity index (χ1n) is 5.21. The molecule has 0 fully saturated rings. The largest absolute Gasteiger partial charge is 0.382 e. The van der Waals surface area contributed by atoms with E-state index < -0.39 is 0 Å². The lowest BCUT2D eigenvalue weighted by atomic mass is 10.1. The second-order valence-corrected chi connectivity index (χ2v) is 4.80.